The number of hydrogen-bond donors (Lipinski definition) is 0. The quantitative estimate of drug-likeness (QED) is 0.435. The molecule has 0 atom stereocenters. The van der Waals surface area contributed by atoms with E-state index in [2.05, 4.69) is 18.8 Å². The Kier molecular flexibility index (Phi) is 9.10. The Bertz CT molecular complexity index is 119. The second-order valence-corrected chi connectivity index (χ2v) is 2.41. The molecule has 0 heterocycles. The second-order valence-electron chi connectivity index (χ2n) is 2.41. The molecule has 1 heteroatoms. The van der Waals surface area contributed by atoms with Gasteiger partial charge in [0.25, 0.3) is 0 Å². The molecule has 0 aromatic rings. The third kappa shape index (κ3) is 9.52. The highest BCUT2D eigenvalue weighted by molar-refractivity contribution is 4.98. The van der Waals surface area contributed by atoms with Crippen molar-refractivity contribution in [2.75, 3.05) is 13.7 Å². The average Bonchev–Trinajstić information content (AvgIpc) is 2.03. The molecule has 0 aliphatic heterocycles. The fourth-order valence-electron chi connectivity index (χ4n) is 0.725. The van der Waals surface area contributed by atoms with Crippen LogP contribution in [0.2, 0.25) is 0 Å². The van der Waals surface area contributed by atoms with Crippen LogP contribution in [0.15, 0.2) is 0 Å². The van der Waals surface area contributed by atoms with Crippen molar-refractivity contribution in [1.82, 2.24) is 0 Å². The maximum Gasteiger partial charge on any atom is 0.0462 e. The summed E-state index contributed by atoms with van der Waals surface area (Å²) in [6.45, 7) is 4.57. The van der Waals surface area contributed by atoms with E-state index in [4.69, 9.17) is 4.74 Å². The third-order valence-electron chi connectivity index (χ3n) is 1.33. The van der Waals surface area contributed by atoms with Crippen LogP contribution in [0.5, 0.6) is 0 Å². The first-order valence-corrected chi connectivity index (χ1v) is 4.15. The topological polar surface area (TPSA) is 9.23 Å². The smallest absolute Gasteiger partial charge is 0.0462 e. The predicted molar refractivity (Wildman–Crippen MR) is 48.1 cm³/mol. The van der Waals surface area contributed by atoms with Gasteiger partial charge in [0.1, 0.15) is 0 Å². The molecule has 0 spiro atoms. The van der Waals surface area contributed by atoms with Gasteiger partial charge in [0.15, 0.2) is 0 Å². The molecule has 0 amide bonds. The summed E-state index contributed by atoms with van der Waals surface area (Å²) in [6.07, 6.45) is 5.13. The summed E-state index contributed by atoms with van der Waals surface area (Å²) in [4.78, 5) is 0. The molecule has 0 aromatic heterocycles. The minimum absolute atomic E-state index is 0.858. The monoisotopic (exact) mass is 153 g/mol. The first-order valence-electron chi connectivity index (χ1n) is 4.15. The Hall–Kier alpha value is -0.480. The molecule has 0 rings (SSSR count). The van der Waals surface area contributed by atoms with Gasteiger partial charge in [0.05, 0.1) is 0 Å². The van der Waals surface area contributed by atoms with E-state index >= 15 is 0 Å². The van der Waals surface area contributed by atoms with E-state index in [1.54, 1.807) is 7.11 Å². The van der Waals surface area contributed by atoms with Crippen molar-refractivity contribution in [2.24, 2.45) is 0 Å². The van der Waals surface area contributed by atoms with Crippen LogP contribution in [-0.4, -0.2) is 13.7 Å². The molecule has 0 bridgehead atoms. The van der Waals surface area contributed by atoms with Gasteiger partial charge in [-0.15, -0.1) is 11.8 Å². The molecule has 0 aliphatic carbocycles. The fourth-order valence-corrected chi connectivity index (χ4v) is 0.725. The number of rotatable bonds is 5. The molecule has 0 aliphatic rings. The molecule has 63 valence electrons. The molecule has 11 heavy (non-hydrogen) atoms. The minimum atomic E-state index is 0.858. The molecular formula is C10H17O. The van der Waals surface area contributed by atoms with Gasteiger partial charge in [-0.1, -0.05) is 6.92 Å². The van der Waals surface area contributed by atoms with Crippen molar-refractivity contribution in [3.63, 3.8) is 0 Å². The van der Waals surface area contributed by atoms with Crippen molar-refractivity contribution in [1.29, 1.82) is 0 Å². The SMILES string of the molecule is [CH2]CCC#CCCCCOC. The van der Waals surface area contributed by atoms with E-state index in [1.165, 1.54) is 0 Å². The van der Waals surface area contributed by atoms with Crippen LogP contribution in [0.3, 0.4) is 0 Å². The summed E-state index contributed by atoms with van der Waals surface area (Å²) in [7, 11) is 1.73. The van der Waals surface area contributed by atoms with Gasteiger partial charge < -0.3 is 4.74 Å². The van der Waals surface area contributed by atoms with Crippen LogP contribution in [0.1, 0.15) is 32.1 Å². The van der Waals surface area contributed by atoms with E-state index < -0.39 is 0 Å². The first-order chi connectivity index (χ1) is 5.41. The molecule has 0 saturated heterocycles. The molecule has 0 unspecified atom stereocenters. The zero-order valence-electron chi connectivity index (χ0n) is 7.36. The summed E-state index contributed by atoms with van der Waals surface area (Å²) >= 11 is 0. The van der Waals surface area contributed by atoms with Crippen molar-refractivity contribution >= 4 is 0 Å². The van der Waals surface area contributed by atoms with Gasteiger partial charge >= 0.3 is 0 Å². The summed E-state index contributed by atoms with van der Waals surface area (Å²) < 4.78 is 4.91. The lowest BCUT2D eigenvalue weighted by Crippen LogP contribution is -1.86. The van der Waals surface area contributed by atoms with Crippen LogP contribution >= 0.6 is 0 Å². The molecule has 0 N–H and O–H groups in total. The highest BCUT2D eigenvalue weighted by Crippen LogP contribution is 1.93. The Morgan fingerprint density at radius 1 is 1.18 bits per heavy atom. The van der Waals surface area contributed by atoms with Gasteiger partial charge in [0.2, 0.25) is 0 Å². The van der Waals surface area contributed by atoms with E-state index in [0.717, 1.165) is 38.7 Å². The summed E-state index contributed by atoms with van der Waals surface area (Å²) in [6, 6.07) is 0. The fraction of sp³-hybridized carbons (Fsp3) is 0.700. The Labute approximate surface area is 70.1 Å². The van der Waals surface area contributed by atoms with Gasteiger partial charge in [-0.3, -0.25) is 0 Å². The largest absolute Gasteiger partial charge is 0.385 e. The maximum absolute atomic E-state index is 4.91. The third-order valence-corrected chi connectivity index (χ3v) is 1.33. The summed E-state index contributed by atoms with van der Waals surface area (Å²) in [5, 5.41) is 0. The minimum Gasteiger partial charge on any atom is -0.385 e. The van der Waals surface area contributed by atoms with Crippen molar-refractivity contribution in [3.05, 3.63) is 6.92 Å². The van der Waals surface area contributed by atoms with E-state index in [-0.39, 0.29) is 0 Å². The van der Waals surface area contributed by atoms with E-state index in [9.17, 15) is 0 Å². The summed E-state index contributed by atoms with van der Waals surface area (Å²) in [5.74, 6) is 6.16. The Morgan fingerprint density at radius 3 is 2.55 bits per heavy atom. The molecule has 0 aromatic carbocycles. The lowest BCUT2D eigenvalue weighted by Gasteiger charge is -1.93. The molecule has 1 radical (unpaired) electrons. The highest BCUT2D eigenvalue weighted by atomic mass is 16.5. The Balaban J connectivity index is 2.96. The zero-order valence-corrected chi connectivity index (χ0v) is 7.36. The lowest BCUT2D eigenvalue weighted by molar-refractivity contribution is 0.193. The second kappa shape index (κ2) is 9.52. The van der Waals surface area contributed by atoms with Gasteiger partial charge in [-0.05, 0) is 19.3 Å². The van der Waals surface area contributed by atoms with Crippen molar-refractivity contribution < 1.29 is 4.74 Å². The Morgan fingerprint density at radius 2 is 1.91 bits per heavy atom. The van der Waals surface area contributed by atoms with Crippen LogP contribution in [0.25, 0.3) is 0 Å². The van der Waals surface area contributed by atoms with Crippen molar-refractivity contribution in [3.8, 4) is 11.8 Å². The number of unbranched alkanes of at least 4 members (excludes halogenated alkanes) is 3. The normalized spacial score (nSPS) is 8.91. The van der Waals surface area contributed by atoms with E-state index in [0.29, 0.717) is 0 Å². The van der Waals surface area contributed by atoms with Gasteiger partial charge in [-0.25, -0.2) is 0 Å². The van der Waals surface area contributed by atoms with Crippen molar-refractivity contribution in [2.45, 2.75) is 32.1 Å². The lowest BCUT2D eigenvalue weighted by atomic mass is 10.2. The number of methoxy groups -OCH3 is 1. The van der Waals surface area contributed by atoms with Crippen LogP contribution in [0, 0.1) is 18.8 Å². The van der Waals surface area contributed by atoms with Crippen LogP contribution < -0.4 is 0 Å². The standard InChI is InChI=1S/C10H17O/c1-3-4-5-6-7-8-9-10-11-2/h1,3-4,7-10H2,2H3. The van der Waals surface area contributed by atoms with Crippen LogP contribution in [-0.2, 0) is 4.74 Å². The summed E-state index contributed by atoms with van der Waals surface area (Å²) in [5.41, 5.74) is 0. The first kappa shape index (κ1) is 10.5. The van der Waals surface area contributed by atoms with Gasteiger partial charge in [-0.2, -0.15) is 0 Å². The number of ether oxygens (including phenoxy) is 1. The number of hydrogen-bond acceptors (Lipinski definition) is 1. The van der Waals surface area contributed by atoms with Gasteiger partial charge in [0, 0.05) is 26.6 Å². The maximum atomic E-state index is 4.91. The molecule has 0 saturated carbocycles. The highest BCUT2D eigenvalue weighted by Gasteiger charge is 1.82. The molecular weight excluding hydrogens is 136 g/mol. The average molecular weight is 153 g/mol. The van der Waals surface area contributed by atoms with E-state index in [1.807, 2.05) is 0 Å². The zero-order chi connectivity index (χ0) is 8.36. The van der Waals surface area contributed by atoms with Crippen LogP contribution in [0.4, 0.5) is 0 Å². The molecule has 1 nitrogen and oxygen atoms in total. The predicted octanol–water partition coefficient (Wildman–Crippen LogP) is 2.42. The molecule has 0 fully saturated rings.